The Morgan fingerprint density at radius 2 is 1.38 bits per heavy atom. The van der Waals surface area contributed by atoms with Crippen LogP contribution in [0.1, 0.15) is 16.7 Å². The molecule has 53 heavy (non-hydrogen) atoms. The van der Waals surface area contributed by atoms with Gasteiger partial charge in [-0.2, -0.15) is 0 Å². The van der Waals surface area contributed by atoms with E-state index in [4.69, 9.17) is 56.8 Å². The second kappa shape index (κ2) is 17.9. The molecule has 0 unspecified atom stereocenters. The highest BCUT2D eigenvalue weighted by molar-refractivity contribution is 5.26. The van der Waals surface area contributed by atoms with Crippen LogP contribution >= 0.6 is 0 Å². The van der Waals surface area contributed by atoms with Gasteiger partial charge in [-0.3, -0.25) is 0 Å². The normalized spacial score (nSPS) is 33.9. The van der Waals surface area contributed by atoms with Gasteiger partial charge in [-0.25, -0.2) is 0 Å². The molecule has 1 N–H and O–H groups in total. The first-order valence-electron chi connectivity index (χ1n) is 17.8. The highest BCUT2D eigenvalue weighted by Gasteiger charge is 2.58. The fourth-order valence-corrected chi connectivity index (χ4v) is 6.82. The fraction of sp³-hybridized carbons (Fsp3) is 0.500. The standard InChI is InChI=1S/C40H48O13/c1-42-24-31-33(41)35(46-21-26-10-6-4-7-11-26)36(44-3)39(50-31)51-38-37(47-22-27-12-8-5-9-13-27)34-32(25-48-38)52-40(53-34)19-18-30(23-49-40)45-20-28-14-16-29(43-2)17-15-28/h4-19,30-39,41H,20-25H2,1-3H3/t30-,31+,32-,33+,34+,35-,36-,37+,38-,39-,40+/m0/s1. The Labute approximate surface area is 309 Å². The largest absolute Gasteiger partial charge is 0.497 e. The van der Waals surface area contributed by atoms with E-state index in [1.807, 2.05) is 91.0 Å². The lowest BCUT2D eigenvalue weighted by molar-refractivity contribution is -0.371. The van der Waals surface area contributed by atoms with Crippen LogP contribution in [0.5, 0.6) is 5.75 Å². The van der Waals surface area contributed by atoms with Gasteiger partial charge in [0.2, 0.25) is 0 Å². The molecule has 11 atom stereocenters. The van der Waals surface area contributed by atoms with Crippen LogP contribution in [0, 0.1) is 0 Å². The summed E-state index contributed by atoms with van der Waals surface area (Å²) in [6.07, 6.45) is -4.14. The minimum atomic E-state index is -1.46. The fourth-order valence-electron chi connectivity index (χ4n) is 6.82. The van der Waals surface area contributed by atoms with Crippen LogP contribution in [0.4, 0.5) is 0 Å². The minimum absolute atomic E-state index is 0.0980. The highest BCUT2D eigenvalue weighted by atomic mass is 16.9. The summed E-state index contributed by atoms with van der Waals surface area (Å²) in [5.41, 5.74) is 2.91. The summed E-state index contributed by atoms with van der Waals surface area (Å²) in [7, 11) is 4.69. The van der Waals surface area contributed by atoms with Crippen LogP contribution in [0.3, 0.4) is 0 Å². The van der Waals surface area contributed by atoms with E-state index in [1.165, 1.54) is 14.2 Å². The van der Waals surface area contributed by atoms with Gasteiger partial charge in [-0.1, -0.05) is 72.8 Å². The third-order valence-corrected chi connectivity index (χ3v) is 9.65. The molecule has 13 heteroatoms. The summed E-state index contributed by atoms with van der Waals surface area (Å²) in [6, 6.07) is 27.2. The molecule has 1 spiro atoms. The summed E-state index contributed by atoms with van der Waals surface area (Å²) < 4.78 is 73.6. The van der Waals surface area contributed by atoms with Gasteiger partial charge in [0.25, 0.3) is 0 Å². The van der Waals surface area contributed by atoms with Crippen LogP contribution < -0.4 is 4.74 Å². The lowest BCUT2D eigenvalue weighted by Crippen LogP contribution is -2.63. The van der Waals surface area contributed by atoms with Gasteiger partial charge in [-0.15, -0.1) is 0 Å². The summed E-state index contributed by atoms with van der Waals surface area (Å²) in [4.78, 5) is 0. The number of aliphatic hydroxyl groups is 1. The Kier molecular flexibility index (Phi) is 12.8. The molecule has 0 aromatic heterocycles. The molecule has 3 aromatic rings. The number of benzene rings is 3. The van der Waals surface area contributed by atoms with Crippen LogP contribution in [0.15, 0.2) is 97.1 Å². The molecule has 286 valence electrons. The molecule has 13 nitrogen and oxygen atoms in total. The van der Waals surface area contributed by atoms with Crippen molar-refractivity contribution in [3.8, 4) is 5.75 Å². The maximum absolute atomic E-state index is 11.3. The van der Waals surface area contributed by atoms with E-state index in [1.54, 1.807) is 13.2 Å². The van der Waals surface area contributed by atoms with Crippen LogP contribution in [-0.4, -0.2) is 114 Å². The molecule has 3 aromatic carbocycles. The molecular formula is C40H48O13. The first-order chi connectivity index (χ1) is 26.0. The number of rotatable bonds is 15. The molecule has 0 amide bonds. The zero-order chi connectivity index (χ0) is 36.6. The number of hydrogen-bond acceptors (Lipinski definition) is 13. The Hall–Kier alpha value is -3.28. The zero-order valence-corrected chi connectivity index (χ0v) is 30.1. The summed E-state index contributed by atoms with van der Waals surface area (Å²) in [5.74, 6) is -0.672. The minimum Gasteiger partial charge on any atom is -0.497 e. The van der Waals surface area contributed by atoms with Crippen molar-refractivity contribution in [1.29, 1.82) is 0 Å². The van der Waals surface area contributed by atoms with E-state index in [0.717, 1.165) is 22.4 Å². The van der Waals surface area contributed by atoms with Crippen molar-refractivity contribution in [2.45, 2.75) is 87.2 Å². The summed E-state index contributed by atoms with van der Waals surface area (Å²) in [5, 5.41) is 11.3. The number of fused-ring (bicyclic) bond motifs is 1. The summed E-state index contributed by atoms with van der Waals surface area (Å²) >= 11 is 0. The van der Waals surface area contributed by atoms with Crippen LogP contribution in [-0.2, 0) is 71.9 Å². The third kappa shape index (κ3) is 9.16. The number of aliphatic hydroxyl groups excluding tert-OH is 1. The number of ether oxygens (including phenoxy) is 12. The SMILES string of the molecule is COC[C@H]1O[C@@H](O[C@@H]2OC[C@@H]3O[C@]4(C=C[C@H](OCc5ccc(OC)cc5)CO4)O[C@H]3[C@H]2OCc2ccccc2)[C@@H](OC)[C@@H](OCc2ccccc2)[C@@H]1O. The Morgan fingerprint density at radius 3 is 2.00 bits per heavy atom. The number of hydrogen-bond donors (Lipinski definition) is 1. The maximum Gasteiger partial charge on any atom is 0.305 e. The second-order valence-corrected chi connectivity index (χ2v) is 13.3. The number of methoxy groups -OCH3 is 3. The molecule has 3 saturated heterocycles. The van der Waals surface area contributed by atoms with Crippen molar-refractivity contribution in [2.75, 3.05) is 41.2 Å². The predicted octanol–water partition coefficient (Wildman–Crippen LogP) is 3.90. The third-order valence-electron chi connectivity index (χ3n) is 9.65. The molecule has 7 rings (SSSR count). The Balaban J connectivity index is 1.06. The maximum atomic E-state index is 11.3. The Bertz CT molecular complexity index is 1580. The second-order valence-electron chi connectivity index (χ2n) is 13.3. The topological polar surface area (TPSA) is 131 Å². The predicted molar refractivity (Wildman–Crippen MR) is 187 cm³/mol. The lowest BCUT2D eigenvalue weighted by atomic mass is 9.98. The van der Waals surface area contributed by atoms with Gasteiger partial charge >= 0.3 is 5.97 Å². The van der Waals surface area contributed by atoms with E-state index in [2.05, 4.69) is 0 Å². The molecule has 0 saturated carbocycles. The molecule has 4 heterocycles. The van der Waals surface area contributed by atoms with Gasteiger partial charge in [0.15, 0.2) is 12.6 Å². The van der Waals surface area contributed by atoms with E-state index < -0.39 is 61.3 Å². The van der Waals surface area contributed by atoms with Crippen LogP contribution in [0.25, 0.3) is 0 Å². The lowest BCUT2D eigenvalue weighted by Gasteiger charge is -2.46. The zero-order valence-electron chi connectivity index (χ0n) is 30.1. The molecule has 3 fully saturated rings. The molecule has 0 aliphatic carbocycles. The average Bonchev–Trinajstić information content (AvgIpc) is 3.56. The van der Waals surface area contributed by atoms with Gasteiger partial charge in [0.05, 0.1) is 52.9 Å². The average molecular weight is 737 g/mol. The smallest absolute Gasteiger partial charge is 0.305 e. The van der Waals surface area contributed by atoms with Crippen molar-refractivity contribution in [1.82, 2.24) is 0 Å². The van der Waals surface area contributed by atoms with Gasteiger partial charge in [0.1, 0.15) is 48.5 Å². The van der Waals surface area contributed by atoms with Crippen molar-refractivity contribution in [2.24, 2.45) is 0 Å². The molecular weight excluding hydrogens is 688 g/mol. The molecule has 0 radical (unpaired) electrons. The van der Waals surface area contributed by atoms with E-state index in [-0.39, 0.29) is 39.1 Å². The first kappa shape index (κ1) is 38.0. The van der Waals surface area contributed by atoms with Gasteiger partial charge in [0, 0.05) is 20.3 Å². The van der Waals surface area contributed by atoms with Crippen molar-refractivity contribution in [3.63, 3.8) is 0 Å². The first-order valence-corrected chi connectivity index (χ1v) is 17.8. The highest BCUT2D eigenvalue weighted by Crippen LogP contribution is 2.41. The molecule has 4 aliphatic rings. The Morgan fingerprint density at radius 1 is 0.717 bits per heavy atom. The summed E-state index contributed by atoms with van der Waals surface area (Å²) in [6.45, 7) is 1.33. The van der Waals surface area contributed by atoms with Crippen molar-refractivity contribution in [3.05, 3.63) is 114 Å². The van der Waals surface area contributed by atoms with Crippen LogP contribution in [0.2, 0.25) is 0 Å². The van der Waals surface area contributed by atoms with Crippen molar-refractivity contribution >= 4 is 0 Å². The van der Waals surface area contributed by atoms with E-state index >= 15 is 0 Å². The molecule has 0 bridgehead atoms. The molecule has 4 aliphatic heterocycles. The monoisotopic (exact) mass is 736 g/mol. The van der Waals surface area contributed by atoms with Crippen molar-refractivity contribution < 1.29 is 61.9 Å². The van der Waals surface area contributed by atoms with Gasteiger partial charge < -0.3 is 61.9 Å². The van der Waals surface area contributed by atoms with E-state index in [0.29, 0.717) is 6.61 Å². The van der Waals surface area contributed by atoms with E-state index in [9.17, 15) is 5.11 Å². The quantitative estimate of drug-likeness (QED) is 0.227. The van der Waals surface area contributed by atoms with Gasteiger partial charge in [-0.05, 0) is 34.9 Å².